The van der Waals surface area contributed by atoms with Crippen molar-refractivity contribution < 1.29 is 4.39 Å². The first kappa shape index (κ1) is 12.5. The lowest BCUT2D eigenvalue weighted by molar-refractivity contribution is 0.191. The van der Waals surface area contributed by atoms with Gasteiger partial charge in [-0.3, -0.25) is 4.90 Å². The molecule has 17 heavy (non-hydrogen) atoms. The average Bonchev–Trinajstić information content (AvgIpc) is 2.80. The van der Waals surface area contributed by atoms with E-state index in [1.54, 1.807) is 6.07 Å². The molecule has 0 radical (unpaired) electrons. The third kappa shape index (κ3) is 2.85. The second-order valence-electron chi connectivity index (χ2n) is 5.00. The summed E-state index contributed by atoms with van der Waals surface area (Å²) in [5.41, 5.74) is 6.56. The molecule has 3 heteroatoms. The van der Waals surface area contributed by atoms with Gasteiger partial charge < -0.3 is 5.73 Å². The molecule has 1 fully saturated rings. The predicted octanol–water partition coefficient (Wildman–Crippen LogP) is 2.38. The summed E-state index contributed by atoms with van der Waals surface area (Å²) in [7, 11) is 2.07. The van der Waals surface area contributed by atoms with Crippen molar-refractivity contribution in [1.82, 2.24) is 4.90 Å². The fourth-order valence-corrected chi connectivity index (χ4v) is 2.89. The lowest BCUT2D eigenvalue weighted by Crippen LogP contribution is -2.37. The highest BCUT2D eigenvalue weighted by molar-refractivity contribution is 5.17. The van der Waals surface area contributed by atoms with Crippen molar-refractivity contribution in [2.24, 2.45) is 11.7 Å². The summed E-state index contributed by atoms with van der Waals surface area (Å²) in [6.45, 7) is 1.42. The third-order valence-electron chi connectivity index (χ3n) is 3.87. The monoisotopic (exact) mass is 236 g/mol. The fraction of sp³-hybridized carbons (Fsp3) is 0.571. The van der Waals surface area contributed by atoms with Crippen LogP contribution in [0.3, 0.4) is 0 Å². The lowest BCUT2D eigenvalue weighted by Gasteiger charge is -2.29. The van der Waals surface area contributed by atoms with Crippen molar-refractivity contribution in [3.63, 3.8) is 0 Å². The average molecular weight is 236 g/mol. The van der Waals surface area contributed by atoms with E-state index >= 15 is 0 Å². The Morgan fingerprint density at radius 1 is 1.35 bits per heavy atom. The Labute approximate surface area is 103 Å². The summed E-state index contributed by atoms with van der Waals surface area (Å²) in [6.07, 6.45) is 3.64. The van der Waals surface area contributed by atoms with Gasteiger partial charge in [0, 0.05) is 18.2 Å². The molecular formula is C14H21FN2. The molecule has 2 atom stereocenters. The molecule has 94 valence electrons. The molecule has 0 spiro atoms. The number of benzene rings is 1. The van der Waals surface area contributed by atoms with Crippen molar-refractivity contribution in [2.45, 2.75) is 31.8 Å². The smallest absolute Gasteiger partial charge is 0.127 e. The van der Waals surface area contributed by atoms with Crippen LogP contribution in [0.5, 0.6) is 0 Å². The number of nitrogens with zero attached hydrogens (tertiary/aromatic N) is 1. The first-order valence-corrected chi connectivity index (χ1v) is 6.36. The summed E-state index contributed by atoms with van der Waals surface area (Å²) >= 11 is 0. The second-order valence-corrected chi connectivity index (χ2v) is 5.00. The van der Waals surface area contributed by atoms with E-state index in [-0.39, 0.29) is 5.82 Å². The molecule has 2 unspecified atom stereocenters. The van der Waals surface area contributed by atoms with E-state index in [4.69, 9.17) is 5.73 Å². The van der Waals surface area contributed by atoms with Crippen molar-refractivity contribution in [3.05, 3.63) is 35.6 Å². The molecule has 1 aliphatic rings. The maximum absolute atomic E-state index is 13.6. The minimum absolute atomic E-state index is 0.110. The summed E-state index contributed by atoms with van der Waals surface area (Å²) < 4.78 is 13.6. The first-order valence-electron chi connectivity index (χ1n) is 6.36. The highest BCUT2D eigenvalue weighted by Gasteiger charge is 2.29. The zero-order chi connectivity index (χ0) is 12.3. The standard InChI is InChI=1S/C14H21FN2/c1-17(14-8-4-6-11(14)9-16)10-12-5-2-3-7-13(12)15/h2-3,5,7,11,14H,4,6,8-10,16H2,1H3. The Morgan fingerprint density at radius 3 is 2.82 bits per heavy atom. The molecule has 0 saturated heterocycles. The van der Waals surface area contributed by atoms with Gasteiger partial charge in [-0.05, 0) is 38.4 Å². The van der Waals surface area contributed by atoms with E-state index in [1.807, 2.05) is 12.1 Å². The van der Waals surface area contributed by atoms with E-state index in [9.17, 15) is 4.39 Å². The molecule has 2 rings (SSSR count). The molecule has 2 nitrogen and oxygen atoms in total. The van der Waals surface area contributed by atoms with Crippen LogP contribution in [0.25, 0.3) is 0 Å². The number of halogens is 1. The third-order valence-corrected chi connectivity index (χ3v) is 3.87. The quantitative estimate of drug-likeness (QED) is 0.869. The summed E-state index contributed by atoms with van der Waals surface area (Å²) in [4.78, 5) is 2.25. The number of hydrogen-bond acceptors (Lipinski definition) is 2. The highest BCUT2D eigenvalue weighted by Crippen LogP contribution is 2.29. The van der Waals surface area contributed by atoms with Gasteiger partial charge in [0.25, 0.3) is 0 Å². The van der Waals surface area contributed by atoms with Gasteiger partial charge in [0.05, 0.1) is 0 Å². The van der Waals surface area contributed by atoms with Crippen molar-refractivity contribution in [2.75, 3.05) is 13.6 Å². The van der Waals surface area contributed by atoms with Crippen LogP contribution < -0.4 is 5.73 Å². The minimum atomic E-state index is -0.110. The largest absolute Gasteiger partial charge is 0.330 e. The zero-order valence-electron chi connectivity index (χ0n) is 10.4. The van der Waals surface area contributed by atoms with Crippen LogP contribution in [0, 0.1) is 11.7 Å². The number of rotatable bonds is 4. The normalized spacial score (nSPS) is 24.5. The van der Waals surface area contributed by atoms with Gasteiger partial charge in [0.2, 0.25) is 0 Å². The van der Waals surface area contributed by atoms with Gasteiger partial charge in [0.1, 0.15) is 5.82 Å². The number of nitrogens with two attached hydrogens (primary N) is 1. The van der Waals surface area contributed by atoms with E-state index in [0.717, 1.165) is 12.1 Å². The molecule has 0 heterocycles. The molecule has 1 aromatic carbocycles. The van der Waals surface area contributed by atoms with Gasteiger partial charge in [-0.1, -0.05) is 24.6 Å². The SMILES string of the molecule is CN(Cc1ccccc1F)C1CCCC1CN. The Bertz CT molecular complexity index is 367. The van der Waals surface area contributed by atoms with Gasteiger partial charge in [0.15, 0.2) is 0 Å². The van der Waals surface area contributed by atoms with Crippen LogP contribution in [-0.4, -0.2) is 24.5 Å². The van der Waals surface area contributed by atoms with Crippen molar-refractivity contribution in [1.29, 1.82) is 0 Å². The Hall–Kier alpha value is -0.930. The van der Waals surface area contributed by atoms with Crippen LogP contribution in [0.1, 0.15) is 24.8 Å². The lowest BCUT2D eigenvalue weighted by atomic mass is 10.0. The molecule has 1 aliphatic carbocycles. The van der Waals surface area contributed by atoms with Crippen molar-refractivity contribution >= 4 is 0 Å². The van der Waals surface area contributed by atoms with Crippen LogP contribution >= 0.6 is 0 Å². The second kappa shape index (κ2) is 5.61. The Balaban J connectivity index is 2.01. The maximum Gasteiger partial charge on any atom is 0.127 e. The maximum atomic E-state index is 13.6. The topological polar surface area (TPSA) is 29.3 Å². The van der Waals surface area contributed by atoms with E-state index in [2.05, 4.69) is 11.9 Å². The highest BCUT2D eigenvalue weighted by atomic mass is 19.1. The van der Waals surface area contributed by atoms with E-state index < -0.39 is 0 Å². The first-order chi connectivity index (χ1) is 8.22. The van der Waals surface area contributed by atoms with E-state index in [0.29, 0.717) is 18.5 Å². The Morgan fingerprint density at radius 2 is 2.12 bits per heavy atom. The molecule has 1 aromatic rings. The molecule has 0 bridgehead atoms. The van der Waals surface area contributed by atoms with Crippen LogP contribution in [0.15, 0.2) is 24.3 Å². The molecule has 2 N–H and O–H groups in total. The van der Waals surface area contributed by atoms with Crippen LogP contribution in [0.4, 0.5) is 4.39 Å². The Kier molecular flexibility index (Phi) is 4.13. The van der Waals surface area contributed by atoms with Crippen molar-refractivity contribution in [3.8, 4) is 0 Å². The van der Waals surface area contributed by atoms with Gasteiger partial charge in [-0.25, -0.2) is 4.39 Å². The summed E-state index contributed by atoms with van der Waals surface area (Å²) in [5.74, 6) is 0.466. The van der Waals surface area contributed by atoms with E-state index in [1.165, 1.54) is 25.3 Å². The van der Waals surface area contributed by atoms with Gasteiger partial charge in [-0.15, -0.1) is 0 Å². The predicted molar refractivity (Wildman–Crippen MR) is 68.1 cm³/mol. The summed E-state index contributed by atoms with van der Waals surface area (Å²) in [6, 6.07) is 7.52. The van der Waals surface area contributed by atoms with Crippen LogP contribution in [-0.2, 0) is 6.54 Å². The number of hydrogen-bond donors (Lipinski definition) is 1. The van der Waals surface area contributed by atoms with Gasteiger partial charge >= 0.3 is 0 Å². The zero-order valence-corrected chi connectivity index (χ0v) is 10.4. The minimum Gasteiger partial charge on any atom is -0.330 e. The molecule has 0 aromatic heterocycles. The molecule has 1 saturated carbocycles. The molecule has 0 amide bonds. The summed E-state index contributed by atoms with van der Waals surface area (Å²) in [5, 5.41) is 0. The van der Waals surface area contributed by atoms with Gasteiger partial charge in [-0.2, -0.15) is 0 Å². The molecular weight excluding hydrogens is 215 g/mol. The van der Waals surface area contributed by atoms with Crippen LogP contribution in [0.2, 0.25) is 0 Å². The molecule has 0 aliphatic heterocycles. The fourth-order valence-electron chi connectivity index (χ4n) is 2.89.